The minimum absolute atomic E-state index is 0.385. The van der Waals surface area contributed by atoms with Crippen LogP contribution in [0.2, 0.25) is 0 Å². The Bertz CT molecular complexity index is 364. The Morgan fingerprint density at radius 3 is 2.78 bits per heavy atom. The number of thiophene rings is 1. The van der Waals surface area contributed by atoms with Gasteiger partial charge in [-0.2, -0.15) is 0 Å². The lowest BCUT2D eigenvalue weighted by molar-refractivity contribution is 0.0198. The molecule has 1 aromatic heterocycles. The van der Waals surface area contributed by atoms with Crippen LogP contribution in [0, 0.1) is 5.92 Å². The van der Waals surface area contributed by atoms with E-state index in [0.29, 0.717) is 12.1 Å². The van der Waals surface area contributed by atoms with E-state index in [2.05, 4.69) is 46.5 Å². The van der Waals surface area contributed by atoms with Crippen LogP contribution in [0.4, 0.5) is 0 Å². The van der Waals surface area contributed by atoms with Crippen molar-refractivity contribution in [1.29, 1.82) is 0 Å². The van der Waals surface area contributed by atoms with Gasteiger partial charge in [0.2, 0.25) is 0 Å². The third-order valence-corrected chi connectivity index (χ3v) is 5.07. The second kappa shape index (κ2) is 7.04. The van der Waals surface area contributed by atoms with E-state index >= 15 is 0 Å². The molecule has 1 N–H and O–H groups in total. The first kappa shape index (κ1) is 14.5. The van der Waals surface area contributed by atoms with Crippen molar-refractivity contribution in [2.75, 3.05) is 13.2 Å². The molecule has 102 valence electrons. The SMILES string of the molecule is CCNC(Cc1cc(Br)cs1)C(OCC)C1CC1. The van der Waals surface area contributed by atoms with Crippen molar-refractivity contribution >= 4 is 27.3 Å². The number of hydrogen-bond donors (Lipinski definition) is 1. The molecule has 4 heteroatoms. The first-order chi connectivity index (χ1) is 8.74. The van der Waals surface area contributed by atoms with Gasteiger partial charge in [0.05, 0.1) is 6.10 Å². The van der Waals surface area contributed by atoms with Crippen LogP contribution in [0.15, 0.2) is 15.9 Å². The molecule has 0 bridgehead atoms. The van der Waals surface area contributed by atoms with E-state index in [9.17, 15) is 0 Å². The number of hydrogen-bond acceptors (Lipinski definition) is 3. The Balaban J connectivity index is 2.00. The van der Waals surface area contributed by atoms with Crippen LogP contribution < -0.4 is 5.32 Å². The molecule has 18 heavy (non-hydrogen) atoms. The first-order valence-corrected chi connectivity index (χ1v) is 8.49. The van der Waals surface area contributed by atoms with E-state index in [-0.39, 0.29) is 0 Å². The first-order valence-electron chi connectivity index (χ1n) is 6.82. The normalized spacial score (nSPS) is 18.8. The minimum atomic E-state index is 0.385. The fraction of sp³-hybridized carbons (Fsp3) is 0.714. The average molecular weight is 332 g/mol. The maximum atomic E-state index is 5.99. The lowest BCUT2D eigenvalue weighted by atomic mass is 10.0. The van der Waals surface area contributed by atoms with Crippen molar-refractivity contribution in [2.24, 2.45) is 5.92 Å². The van der Waals surface area contributed by atoms with Crippen LogP contribution in [0.3, 0.4) is 0 Å². The highest BCUT2D eigenvalue weighted by molar-refractivity contribution is 9.10. The molecule has 2 rings (SSSR count). The topological polar surface area (TPSA) is 21.3 Å². The minimum Gasteiger partial charge on any atom is -0.377 e. The van der Waals surface area contributed by atoms with Gasteiger partial charge in [0.15, 0.2) is 0 Å². The maximum absolute atomic E-state index is 5.99. The Morgan fingerprint density at radius 1 is 1.50 bits per heavy atom. The predicted molar refractivity (Wildman–Crippen MR) is 81.3 cm³/mol. The van der Waals surface area contributed by atoms with Crippen LogP contribution in [0.5, 0.6) is 0 Å². The van der Waals surface area contributed by atoms with Crippen LogP contribution in [-0.4, -0.2) is 25.3 Å². The molecule has 1 aliphatic rings. The Hall–Kier alpha value is 0.1000. The molecule has 0 saturated heterocycles. The number of nitrogens with one attached hydrogen (secondary N) is 1. The lowest BCUT2D eigenvalue weighted by Gasteiger charge is -2.27. The summed E-state index contributed by atoms with van der Waals surface area (Å²) in [5, 5.41) is 5.77. The average Bonchev–Trinajstić information content (AvgIpc) is 3.10. The fourth-order valence-corrected chi connectivity index (χ4v) is 3.95. The third kappa shape index (κ3) is 4.05. The van der Waals surface area contributed by atoms with Gasteiger partial charge in [-0.3, -0.25) is 0 Å². The highest BCUT2D eigenvalue weighted by Gasteiger charge is 2.37. The van der Waals surface area contributed by atoms with Gasteiger partial charge in [-0.25, -0.2) is 0 Å². The van der Waals surface area contributed by atoms with Crippen molar-refractivity contribution in [1.82, 2.24) is 5.32 Å². The summed E-state index contributed by atoms with van der Waals surface area (Å²) >= 11 is 5.36. The summed E-state index contributed by atoms with van der Waals surface area (Å²) in [5.41, 5.74) is 0. The quantitative estimate of drug-likeness (QED) is 0.781. The predicted octanol–water partition coefficient (Wildman–Crippen LogP) is 3.85. The van der Waals surface area contributed by atoms with E-state index < -0.39 is 0 Å². The molecule has 2 atom stereocenters. The van der Waals surface area contributed by atoms with Crippen molar-refractivity contribution in [2.45, 2.75) is 45.3 Å². The molecular formula is C14H22BrNOS. The highest BCUT2D eigenvalue weighted by atomic mass is 79.9. The summed E-state index contributed by atoms with van der Waals surface area (Å²) in [4.78, 5) is 1.43. The molecule has 0 aromatic carbocycles. The van der Waals surface area contributed by atoms with Crippen LogP contribution in [-0.2, 0) is 11.2 Å². The number of ether oxygens (including phenoxy) is 1. The molecule has 0 aliphatic heterocycles. The molecule has 0 amide bonds. The molecule has 1 heterocycles. The van der Waals surface area contributed by atoms with Crippen LogP contribution in [0.25, 0.3) is 0 Å². The summed E-state index contributed by atoms with van der Waals surface area (Å²) in [6.45, 7) is 6.10. The smallest absolute Gasteiger partial charge is 0.0759 e. The molecule has 2 nitrogen and oxygen atoms in total. The van der Waals surface area contributed by atoms with Gasteiger partial charge in [-0.05, 0) is 60.6 Å². The number of likely N-dealkylation sites (N-methyl/N-ethyl adjacent to an activating group) is 1. The zero-order valence-corrected chi connectivity index (χ0v) is 13.5. The van der Waals surface area contributed by atoms with Gasteiger partial charge in [0.1, 0.15) is 0 Å². The van der Waals surface area contributed by atoms with E-state index in [1.54, 1.807) is 0 Å². The van der Waals surface area contributed by atoms with Gasteiger partial charge >= 0.3 is 0 Å². The van der Waals surface area contributed by atoms with E-state index in [0.717, 1.165) is 25.5 Å². The maximum Gasteiger partial charge on any atom is 0.0759 e. The van der Waals surface area contributed by atoms with Crippen molar-refractivity contribution in [3.8, 4) is 0 Å². The van der Waals surface area contributed by atoms with Gasteiger partial charge in [0, 0.05) is 27.4 Å². The van der Waals surface area contributed by atoms with E-state index in [4.69, 9.17) is 4.74 Å². The summed E-state index contributed by atoms with van der Waals surface area (Å²) in [6, 6.07) is 2.68. The van der Waals surface area contributed by atoms with E-state index in [1.165, 1.54) is 22.2 Å². The summed E-state index contributed by atoms with van der Waals surface area (Å²) in [7, 11) is 0. The highest BCUT2D eigenvalue weighted by Crippen LogP contribution is 2.37. The fourth-order valence-electron chi connectivity index (χ4n) is 2.44. The van der Waals surface area contributed by atoms with Crippen LogP contribution in [0.1, 0.15) is 31.6 Å². The number of rotatable bonds is 8. The largest absolute Gasteiger partial charge is 0.377 e. The van der Waals surface area contributed by atoms with Gasteiger partial charge in [-0.15, -0.1) is 11.3 Å². The summed E-state index contributed by atoms with van der Waals surface area (Å²) in [6.07, 6.45) is 4.13. The van der Waals surface area contributed by atoms with E-state index in [1.807, 2.05) is 11.3 Å². The second-order valence-electron chi connectivity index (χ2n) is 4.86. The molecule has 1 aromatic rings. The molecule has 0 spiro atoms. The monoisotopic (exact) mass is 331 g/mol. The second-order valence-corrected chi connectivity index (χ2v) is 6.77. The third-order valence-electron chi connectivity index (χ3n) is 3.35. The Labute approximate surface area is 122 Å². The molecule has 1 saturated carbocycles. The van der Waals surface area contributed by atoms with Gasteiger partial charge in [0.25, 0.3) is 0 Å². The Kier molecular flexibility index (Phi) is 5.67. The molecule has 1 fully saturated rings. The molecular weight excluding hydrogens is 310 g/mol. The van der Waals surface area contributed by atoms with Gasteiger partial charge < -0.3 is 10.1 Å². The number of halogens is 1. The zero-order valence-electron chi connectivity index (χ0n) is 11.1. The molecule has 2 unspecified atom stereocenters. The molecule has 1 aliphatic carbocycles. The van der Waals surface area contributed by atoms with Crippen LogP contribution >= 0.6 is 27.3 Å². The standard InChI is InChI=1S/C14H22BrNOS/c1-3-16-13(8-12-7-11(15)9-18-12)14(17-4-2)10-5-6-10/h7,9-10,13-14,16H,3-6,8H2,1-2H3. The van der Waals surface area contributed by atoms with Crippen molar-refractivity contribution < 1.29 is 4.74 Å². The summed E-state index contributed by atoms with van der Waals surface area (Å²) < 4.78 is 7.18. The lowest BCUT2D eigenvalue weighted by Crippen LogP contribution is -2.44. The van der Waals surface area contributed by atoms with Crippen molar-refractivity contribution in [3.63, 3.8) is 0 Å². The van der Waals surface area contributed by atoms with Crippen molar-refractivity contribution in [3.05, 3.63) is 20.8 Å². The van der Waals surface area contributed by atoms with Gasteiger partial charge in [-0.1, -0.05) is 6.92 Å². The zero-order chi connectivity index (χ0) is 13.0. The molecule has 0 radical (unpaired) electrons. The summed E-state index contributed by atoms with van der Waals surface area (Å²) in [5.74, 6) is 0.775. The Morgan fingerprint density at radius 2 is 2.28 bits per heavy atom.